The minimum absolute atomic E-state index is 0.0823. The summed E-state index contributed by atoms with van der Waals surface area (Å²) >= 11 is 5.94. The lowest BCUT2D eigenvalue weighted by molar-refractivity contribution is 0.207. The zero-order chi connectivity index (χ0) is 18.9. The van der Waals surface area contributed by atoms with Crippen LogP contribution in [0.1, 0.15) is 20.8 Å². The number of aromatic nitrogens is 2. The molecule has 1 aliphatic rings. The number of urea groups is 1. The normalized spacial score (nSPS) is 14.9. The quantitative estimate of drug-likeness (QED) is 0.756. The molecule has 0 saturated carbocycles. The van der Waals surface area contributed by atoms with Crippen LogP contribution in [0, 0.1) is 11.2 Å². The van der Waals surface area contributed by atoms with Gasteiger partial charge in [-0.1, -0.05) is 20.8 Å². The second kappa shape index (κ2) is 7.07. The highest BCUT2D eigenvalue weighted by Gasteiger charge is 2.36. The van der Waals surface area contributed by atoms with E-state index >= 15 is 0 Å². The first-order chi connectivity index (χ1) is 12.2. The Morgan fingerprint density at radius 1 is 1.19 bits per heavy atom. The minimum atomic E-state index is -0.331. The van der Waals surface area contributed by atoms with Gasteiger partial charge in [-0.2, -0.15) is 4.98 Å². The van der Waals surface area contributed by atoms with Crippen LogP contribution < -0.4 is 9.91 Å². The Hall–Kier alpha value is -2.41. The van der Waals surface area contributed by atoms with Crippen molar-refractivity contribution in [2.45, 2.75) is 20.8 Å². The van der Waals surface area contributed by atoms with Crippen molar-refractivity contribution in [3.05, 3.63) is 47.6 Å². The molecule has 0 spiro atoms. The van der Waals surface area contributed by atoms with Gasteiger partial charge >= 0.3 is 6.03 Å². The first-order valence-electron chi connectivity index (χ1n) is 8.35. The summed E-state index contributed by atoms with van der Waals surface area (Å²) in [4.78, 5) is 22.8. The van der Waals surface area contributed by atoms with Gasteiger partial charge in [-0.15, -0.1) is 0 Å². The van der Waals surface area contributed by atoms with Crippen molar-refractivity contribution in [2.24, 2.45) is 5.41 Å². The van der Waals surface area contributed by atoms with Gasteiger partial charge < -0.3 is 0 Å². The fourth-order valence-electron chi connectivity index (χ4n) is 2.82. The Morgan fingerprint density at radius 3 is 2.50 bits per heavy atom. The molecule has 1 aromatic carbocycles. The number of hydrogen-bond donors (Lipinski definition) is 0. The molecule has 3 rings (SSSR count). The van der Waals surface area contributed by atoms with E-state index in [0.717, 1.165) is 0 Å². The SMILES string of the molecule is CC(C)(C)CN(c1ccnc(Cl)n1)N1CCN(c2ccc(F)cc2)C1=O. The van der Waals surface area contributed by atoms with Crippen molar-refractivity contribution in [3.8, 4) is 0 Å². The van der Waals surface area contributed by atoms with Gasteiger partial charge in [0.15, 0.2) is 5.82 Å². The number of halogens is 2. The molecule has 6 nitrogen and oxygen atoms in total. The third-order valence-corrected chi connectivity index (χ3v) is 4.10. The molecule has 1 saturated heterocycles. The highest BCUT2D eigenvalue weighted by atomic mass is 35.5. The van der Waals surface area contributed by atoms with Crippen LogP contribution in [0.2, 0.25) is 5.28 Å². The van der Waals surface area contributed by atoms with Gasteiger partial charge in [0, 0.05) is 31.0 Å². The molecule has 1 fully saturated rings. The van der Waals surface area contributed by atoms with E-state index in [-0.39, 0.29) is 22.5 Å². The Kier molecular flexibility index (Phi) is 5.00. The van der Waals surface area contributed by atoms with Crippen LogP contribution in [0.4, 0.5) is 20.7 Å². The van der Waals surface area contributed by atoms with Crippen molar-refractivity contribution < 1.29 is 9.18 Å². The molecular formula is C18H21ClFN5O. The number of rotatable bonds is 4. The van der Waals surface area contributed by atoms with E-state index in [1.165, 1.54) is 12.1 Å². The van der Waals surface area contributed by atoms with E-state index in [2.05, 4.69) is 30.7 Å². The van der Waals surface area contributed by atoms with Gasteiger partial charge in [-0.25, -0.2) is 19.2 Å². The predicted molar refractivity (Wildman–Crippen MR) is 99.7 cm³/mol. The molecule has 8 heteroatoms. The largest absolute Gasteiger partial charge is 0.343 e. The van der Waals surface area contributed by atoms with E-state index in [4.69, 9.17) is 11.6 Å². The molecule has 2 heterocycles. The first kappa shape index (κ1) is 18.4. The van der Waals surface area contributed by atoms with Crippen LogP contribution in [-0.4, -0.2) is 40.6 Å². The zero-order valence-corrected chi connectivity index (χ0v) is 15.7. The van der Waals surface area contributed by atoms with Crippen molar-refractivity contribution in [1.29, 1.82) is 0 Å². The lowest BCUT2D eigenvalue weighted by Crippen LogP contribution is -2.49. The van der Waals surface area contributed by atoms with Gasteiger partial charge in [-0.05, 0) is 41.3 Å². The number of benzene rings is 1. The molecule has 0 N–H and O–H groups in total. The first-order valence-corrected chi connectivity index (χ1v) is 8.73. The summed E-state index contributed by atoms with van der Waals surface area (Å²) in [5, 5.41) is 3.61. The maximum absolute atomic E-state index is 13.2. The van der Waals surface area contributed by atoms with Crippen LogP contribution >= 0.6 is 11.6 Å². The lowest BCUT2D eigenvalue weighted by Gasteiger charge is -2.36. The number of amides is 2. The second-order valence-electron chi connectivity index (χ2n) is 7.34. The molecule has 1 aliphatic heterocycles. The van der Waals surface area contributed by atoms with Crippen molar-refractivity contribution in [2.75, 3.05) is 29.5 Å². The maximum Gasteiger partial charge on any atom is 0.343 e. The zero-order valence-electron chi connectivity index (χ0n) is 15.0. The summed E-state index contributed by atoms with van der Waals surface area (Å²) in [7, 11) is 0. The van der Waals surface area contributed by atoms with E-state index in [1.54, 1.807) is 34.3 Å². The van der Waals surface area contributed by atoms with Crippen LogP contribution in [0.5, 0.6) is 0 Å². The molecule has 1 aromatic heterocycles. The van der Waals surface area contributed by atoms with Crippen molar-refractivity contribution in [3.63, 3.8) is 0 Å². The highest BCUT2D eigenvalue weighted by Crippen LogP contribution is 2.27. The topological polar surface area (TPSA) is 52.6 Å². The number of hydrazine groups is 1. The average Bonchev–Trinajstić information content (AvgIpc) is 2.94. The maximum atomic E-state index is 13.2. The third kappa shape index (κ3) is 4.04. The number of carbonyl (C=O) groups excluding carboxylic acids is 1. The van der Waals surface area contributed by atoms with Crippen LogP contribution in [-0.2, 0) is 0 Å². The average molecular weight is 378 g/mol. The van der Waals surface area contributed by atoms with Gasteiger partial charge in [0.1, 0.15) is 5.82 Å². The summed E-state index contributed by atoms with van der Waals surface area (Å²) in [6.07, 6.45) is 1.57. The fraction of sp³-hybridized carbons (Fsp3) is 0.389. The summed E-state index contributed by atoms with van der Waals surface area (Å²) in [5.41, 5.74) is 0.580. The standard InChI is InChI=1S/C18H21ClFN5O/c1-18(2,3)12-25(15-8-9-21-16(19)22-15)24-11-10-23(17(24)26)14-6-4-13(20)5-7-14/h4-9H,10-12H2,1-3H3. The molecule has 0 atom stereocenters. The van der Waals surface area contributed by atoms with Crippen LogP contribution in [0.25, 0.3) is 0 Å². The van der Waals surface area contributed by atoms with E-state index in [9.17, 15) is 9.18 Å². The molecule has 2 aromatic rings. The summed E-state index contributed by atoms with van der Waals surface area (Å²) in [5.74, 6) is 0.233. The minimum Gasteiger partial charge on any atom is -0.291 e. The Balaban J connectivity index is 1.89. The summed E-state index contributed by atoms with van der Waals surface area (Å²) < 4.78 is 13.2. The molecule has 0 aliphatic carbocycles. The predicted octanol–water partition coefficient (Wildman–Crippen LogP) is 3.98. The van der Waals surface area contributed by atoms with E-state index < -0.39 is 0 Å². The molecular weight excluding hydrogens is 357 g/mol. The Bertz CT molecular complexity index is 793. The smallest absolute Gasteiger partial charge is 0.291 e. The van der Waals surface area contributed by atoms with Crippen molar-refractivity contribution in [1.82, 2.24) is 15.0 Å². The molecule has 0 unspecified atom stereocenters. The number of hydrogen-bond acceptors (Lipinski definition) is 4. The molecule has 0 radical (unpaired) electrons. The monoisotopic (exact) mass is 377 g/mol. The Labute approximate surface area is 157 Å². The van der Waals surface area contributed by atoms with Gasteiger partial charge in [0.25, 0.3) is 0 Å². The van der Waals surface area contributed by atoms with Gasteiger partial charge in [-0.3, -0.25) is 9.91 Å². The third-order valence-electron chi connectivity index (χ3n) is 3.92. The van der Waals surface area contributed by atoms with Gasteiger partial charge in [0.05, 0.1) is 6.54 Å². The molecule has 2 amide bonds. The Morgan fingerprint density at radius 2 is 1.88 bits per heavy atom. The fourth-order valence-corrected chi connectivity index (χ4v) is 2.96. The van der Waals surface area contributed by atoms with Crippen LogP contribution in [0.15, 0.2) is 36.5 Å². The lowest BCUT2D eigenvalue weighted by atomic mass is 9.96. The van der Waals surface area contributed by atoms with E-state index in [0.29, 0.717) is 31.1 Å². The molecule has 26 heavy (non-hydrogen) atoms. The number of carbonyl (C=O) groups is 1. The number of anilines is 2. The molecule has 0 bridgehead atoms. The summed E-state index contributed by atoms with van der Waals surface area (Å²) in [6, 6.07) is 7.45. The van der Waals surface area contributed by atoms with Crippen LogP contribution in [0.3, 0.4) is 0 Å². The second-order valence-corrected chi connectivity index (χ2v) is 7.67. The van der Waals surface area contributed by atoms with E-state index in [1.807, 2.05) is 5.01 Å². The van der Waals surface area contributed by atoms with Gasteiger partial charge in [0.2, 0.25) is 5.28 Å². The summed E-state index contributed by atoms with van der Waals surface area (Å²) in [6.45, 7) is 7.82. The van der Waals surface area contributed by atoms with Crippen molar-refractivity contribution >= 4 is 29.1 Å². The molecule has 138 valence electrons. The number of nitrogens with zero attached hydrogens (tertiary/aromatic N) is 5. The highest BCUT2D eigenvalue weighted by molar-refractivity contribution is 6.28.